The number of aryl methyl sites for hydroxylation is 2. The van der Waals surface area contributed by atoms with Crippen LogP contribution in [0.4, 0.5) is 0 Å². The zero-order valence-electron chi connectivity index (χ0n) is 17.0. The van der Waals surface area contributed by atoms with Gasteiger partial charge in [0.1, 0.15) is 5.82 Å². The summed E-state index contributed by atoms with van der Waals surface area (Å²) < 4.78 is 2.28. The van der Waals surface area contributed by atoms with Gasteiger partial charge in [-0.05, 0) is 31.4 Å². The van der Waals surface area contributed by atoms with E-state index in [-0.39, 0.29) is 6.61 Å². The van der Waals surface area contributed by atoms with E-state index in [1.54, 1.807) is 0 Å². The fourth-order valence-electron chi connectivity index (χ4n) is 3.94. The van der Waals surface area contributed by atoms with Crippen LogP contribution in [0.25, 0.3) is 33.9 Å². The van der Waals surface area contributed by atoms with Crippen molar-refractivity contribution in [3.63, 3.8) is 0 Å². The number of aromatic nitrogens is 2. The molecule has 146 valence electrons. The molecule has 4 aromatic rings. The van der Waals surface area contributed by atoms with Gasteiger partial charge in [-0.25, -0.2) is 4.98 Å². The monoisotopic (exact) mass is 382 g/mol. The highest BCUT2D eigenvalue weighted by Crippen LogP contribution is 2.38. The Morgan fingerprint density at radius 3 is 1.93 bits per heavy atom. The number of nitrogens with zero attached hydrogens (tertiary/aromatic N) is 2. The largest absolute Gasteiger partial charge is 0.396 e. The fourth-order valence-corrected chi connectivity index (χ4v) is 3.94. The van der Waals surface area contributed by atoms with E-state index in [0.29, 0.717) is 13.0 Å². The van der Waals surface area contributed by atoms with Gasteiger partial charge >= 0.3 is 0 Å². The average molecular weight is 383 g/mol. The molecule has 0 fully saturated rings. The second-order valence-electron chi connectivity index (χ2n) is 7.36. The van der Waals surface area contributed by atoms with Crippen LogP contribution in [0.5, 0.6) is 0 Å². The molecule has 4 rings (SSSR count). The highest BCUT2D eigenvalue weighted by Gasteiger charge is 2.22. The van der Waals surface area contributed by atoms with Crippen molar-refractivity contribution in [2.75, 3.05) is 6.61 Å². The van der Waals surface area contributed by atoms with Crippen LogP contribution in [0.1, 0.15) is 17.5 Å². The van der Waals surface area contributed by atoms with Crippen molar-refractivity contribution < 1.29 is 5.11 Å². The molecule has 0 radical (unpaired) electrons. The molecule has 0 unspecified atom stereocenters. The number of imidazole rings is 1. The first-order chi connectivity index (χ1) is 14.2. The van der Waals surface area contributed by atoms with Gasteiger partial charge in [-0.3, -0.25) is 0 Å². The fraction of sp³-hybridized carbons (Fsp3) is 0.192. The van der Waals surface area contributed by atoms with Gasteiger partial charge in [0.25, 0.3) is 0 Å². The topological polar surface area (TPSA) is 38.0 Å². The molecular formula is C26H26N2O. The standard InChI is InChI=1S/C26H26N2O/c1-19-11-9-12-20(2)23(19)26-27-24(21-13-5-3-6-14-21)25(28(26)17-10-18-29)22-15-7-4-8-16-22/h3-9,11-16,29H,10,17-18H2,1-2H3. The van der Waals surface area contributed by atoms with Crippen LogP contribution < -0.4 is 0 Å². The minimum absolute atomic E-state index is 0.152. The lowest BCUT2D eigenvalue weighted by molar-refractivity contribution is 0.280. The van der Waals surface area contributed by atoms with Crippen molar-refractivity contribution in [2.45, 2.75) is 26.8 Å². The molecule has 3 aromatic carbocycles. The predicted octanol–water partition coefficient (Wildman–Crippen LogP) is 5.88. The zero-order chi connectivity index (χ0) is 20.2. The summed E-state index contributed by atoms with van der Waals surface area (Å²) in [5.41, 5.74) is 7.90. The first-order valence-electron chi connectivity index (χ1n) is 10.1. The maximum absolute atomic E-state index is 9.55. The summed E-state index contributed by atoms with van der Waals surface area (Å²) in [6, 6.07) is 27.1. The van der Waals surface area contributed by atoms with Crippen LogP contribution in [0.15, 0.2) is 78.9 Å². The summed E-state index contributed by atoms with van der Waals surface area (Å²) in [4.78, 5) is 5.18. The molecule has 3 heteroatoms. The Morgan fingerprint density at radius 1 is 0.759 bits per heavy atom. The first kappa shape index (κ1) is 19.2. The van der Waals surface area contributed by atoms with Crippen molar-refractivity contribution in [1.29, 1.82) is 0 Å². The molecule has 0 spiro atoms. The summed E-state index contributed by atoms with van der Waals surface area (Å²) in [6.07, 6.45) is 0.683. The van der Waals surface area contributed by atoms with Crippen LogP contribution in [0.3, 0.4) is 0 Å². The van der Waals surface area contributed by atoms with E-state index in [9.17, 15) is 5.11 Å². The quantitative estimate of drug-likeness (QED) is 0.452. The molecule has 29 heavy (non-hydrogen) atoms. The van der Waals surface area contributed by atoms with Gasteiger partial charge < -0.3 is 9.67 Å². The van der Waals surface area contributed by atoms with Gasteiger partial charge in [0.15, 0.2) is 0 Å². The summed E-state index contributed by atoms with van der Waals surface area (Å²) in [7, 11) is 0. The minimum atomic E-state index is 0.152. The molecule has 0 saturated heterocycles. The molecule has 0 saturated carbocycles. The van der Waals surface area contributed by atoms with Gasteiger partial charge in [0.2, 0.25) is 0 Å². The van der Waals surface area contributed by atoms with E-state index in [1.807, 2.05) is 12.1 Å². The Labute approximate surface area is 172 Å². The Morgan fingerprint density at radius 2 is 1.34 bits per heavy atom. The molecule has 0 amide bonds. The summed E-state index contributed by atoms with van der Waals surface area (Å²) in [5.74, 6) is 0.965. The van der Waals surface area contributed by atoms with Gasteiger partial charge in [0, 0.05) is 29.8 Å². The zero-order valence-corrected chi connectivity index (χ0v) is 17.0. The number of hydrogen-bond acceptors (Lipinski definition) is 2. The lowest BCUT2D eigenvalue weighted by atomic mass is 10.0. The van der Waals surface area contributed by atoms with Crippen LogP contribution in [-0.4, -0.2) is 21.3 Å². The lowest BCUT2D eigenvalue weighted by Crippen LogP contribution is -2.06. The smallest absolute Gasteiger partial charge is 0.141 e. The summed E-state index contributed by atoms with van der Waals surface area (Å²) in [6.45, 7) is 5.14. The van der Waals surface area contributed by atoms with Crippen molar-refractivity contribution in [1.82, 2.24) is 9.55 Å². The molecule has 0 aliphatic heterocycles. The molecule has 0 atom stereocenters. The second kappa shape index (κ2) is 8.46. The molecule has 0 aliphatic rings. The van der Waals surface area contributed by atoms with Crippen molar-refractivity contribution in [3.8, 4) is 33.9 Å². The van der Waals surface area contributed by atoms with E-state index >= 15 is 0 Å². The highest BCUT2D eigenvalue weighted by molar-refractivity contribution is 5.83. The van der Waals surface area contributed by atoms with Gasteiger partial charge in [-0.1, -0.05) is 78.9 Å². The Balaban J connectivity index is 2.05. The third-order valence-electron chi connectivity index (χ3n) is 5.31. The molecule has 0 bridgehead atoms. The number of benzene rings is 3. The Bertz CT molecular complexity index is 1080. The third-order valence-corrected chi connectivity index (χ3v) is 5.31. The van der Waals surface area contributed by atoms with E-state index in [4.69, 9.17) is 4.98 Å². The van der Waals surface area contributed by atoms with E-state index < -0.39 is 0 Å². The van der Waals surface area contributed by atoms with Crippen LogP contribution in [-0.2, 0) is 6.54 Å². The molecule has 3 nitrogen and oxygen atoms in total. The number of hydrogen-bond donors (Lipinski definition) is 1. The lowest BCUT2D eigenvalue weighted by Gasteiger charge is -2.15. The maximum Gasteiger partial charge on any atom is 0.141 e. The molecule has 0 aliphatic carbocycles. The van der Waals surface area contributed by atoms with Gasteiger partial charge in [0.05, 0.1) is 11.4 Å². The summed E-state index contributed by atoms with van der Waals surface area (Å²) >= 11 is 0. The predicted molar refractivity (Wildman–Crippen MR) is 120 cm³/mol. The van der Waals surface area contributed by atoms with Gasteiger partial charge in [-0.15, -0.1) is 0 Å². The van der Waals surface area contributed by atoms with Crippen LogP contribution in [0.2, 0.25) is 0 Å². The average Bonchev–Trinajstić information content (AvgIpc) is 3.12. The normalized spacial score (nSPS) is 11.0. The Kier molecular flexibility index (Phi) is 5.59. The molecule has 1 aromatic heterocycles. The second-order valence-corrected chi connectivity index (χ2v) is 7.36. The van der Waals surface area contributed by atoms with Crippen LogP contribution in [0, 0.1) is 13.8 Å². The van der Waals surface area contributed by atoms with E-state index in [1.165, 1.54) is 16.7 Å². The number of rotatable bonds is 6. The minimum Gasteiger partial charge on any atom is -0.396 e. The molecular weight excluding hydrogens is 356 g/mol. The SMILES string of the molecule is Cc1cccc(C)c1-c1nc(-c2ccccc2)c(-c2ccccc2)n1CCCO. The molecule has 1 heterocycles. The number of aliphatic hydroxyl groups excluding tert-OH is 1. The highest BCUT2D eigenvalue weighted by atomic mass is 16.3. The van der Waals surface area contributed by atoms with E-state index in [2.05, 4.69) is 85.1 Å². The maximum atomic E-state index is 9.55. The number of aliphatic hydroxyl groups is 1. The first-order valence-corrected chi connectivity index (χ1v) is 10.1. The Hall–Kier alpha value is -3.17. The van der Waals surface area contributed by atoms with E-state index in [0.717, 1.165) is 28.3 Å². The van der Waals surface area contributed by atoms with Gasteiger partial charge in [-0.2, -0.15) is 0 Å². The molecule has 1 N–H and O–H groups in total. The van der Waals surface area contributed by atoms with Crippen molar-refractivity contribution in [3.05, 3.63) is 90.0 Å². The van der Waals surface area contributed by atoms with Crippen molar-refractivity contribution >= 4 is 0 Å². The third kappa shape index (κ3) is 3.74. The van der Waals surface area contributed by atoms with Crippen LogP contribution >= 0.6 is 0 Å². The summed E-state index contributed by atoms with van der Waals surface area (Å²) in [5, 5.41) is 9.55. The van der Waals surface area contributed by atoms with Crippen molar-refractivity contribution in [2.24, 2.45) is 0 Å².